The van der Waals surface area contributed by atoms with Crippen molar-refractivity contribution in [1.82, 2.24) is 4.98 Å². The molecule has 0 unspecified atom stereocenters. The van der Waals surface area contributed by atoms with E-state index in [1.165, 1.54) is 38.5 Å². The lowest BCUT2D eigenvalue weighted by Crippen LogP contribution is -2.48. The lowest BCUT2D eigenvalue weighted by atomic mass is 9.50. The fourth-order valence-electron chi connectivity index (χ4n) is 5.45. The first kappa shape index (κ1) is 12.5. The summed E-state index contributed by atoms with van der Waals surface area (Å²) in [6, 6.07) is 1.98. The zero-order chi connectivity index (χ0) is 13.7. The number of aryl methyl sites for hydroxylation is 1. The van der Waals surface area contributed by atoms with Crippen LogP contribution < -0.4 is 10.5 Å². The van der Waals surface area contributed by atoms with Crippen LogP contribution in [0.25, 0.3) is 0 Å². The van der Waals surface area contributed by atoms with Gasteiger partial charge in [0.25, 0.3) is 0 Å². The third-order valence-electron chi connectivity index (χ3n) is 5.82. The Morgan fingerprint density at radius 1 is 1.20 bits per heavy atom. The highest BCUT2D eigenvalue weighted by Crippen LogP contribution is 2.60. The third-order valence-corrected chi connectivity index (χ3v) is 5.82. The lowest BCUT2D eigenvalue weighted by molar-refractivity contribution is -0.0745. The van der Waals surface area contributed by atoms with Gasteiger partial charge in [0.05, 0.1) is 6.61 Å². The Bertz CT molecular complexity index is 470. The summed E-state index contributed by atoms with van der Waals surface area (Å²) in [6.07, 6.45) is 10.3. The van der Waals surface area contributed by atoms with Crippen LogP contribution in [0.15, 0.2) is 12.3 Å². The summed E-state index contributed by atoms with van der Waals surface area (Å²) in [5.74, 6) is 4.25. The van der Waals surface area contributed by atoms with E-state index in [4.69, 9.17) is 10.5 Å². The molecule has 5 rings (SSSR count). The smallest absolute Gasteiger partial charge is 0.166 e. The lowest BCUT2D eigenvalue weighted by Gasteiger charge is -2.56. The second-order valence-corrected chi connectivity index (χ2v) is 7.55. The van der Waals surface area contributed by atoms with E-state index in [0.717, 1.165) is 35.7 Å². The maximum absolute atomic E-state index is 6.16. The Morgan fingerprint density at radius 2 is 1.80 bits per heavy atom. The summed E-state index contributed by atoms with van der Waals surface area (Å²) in [5.41, 5.74) is 7.50. The topological polar surface area (TPSA) is 48.1 Å². The standard InChI is InChI=1S/C17H24N2O/c1-11-2-3-19-16(18)15(11)20-10-17-7-12-4-13(8-17)6-14(5-12)9-17/h2-3,12-14H,4-10H2,1H3,(H2,18,19). The van der Waals surface area contributed by atoms with E-state index in [-0.39, 0.29) is 0 Å². The summed E-state index contributed by atoms with van der Waals surface area (Å²) in [6.45, 7) is 2.89. The van der Waals surface area contributed by atoms with Crippen LogP contribution in [0.1, 0.15) is 44.1 Å². The van der Waals surface area contributed by atoms with E-state index in [2.05, 4.69) is 4.98 Å². The van der Waals surface area contributed by atoms with Gasteiger partial charge in [-0.1, -0.05) is 0 Å². The molecule has 20 heavy (non-hydrogen) atoms. The van der Waals surface area contributed by atoms with Crippen LogP contribution in [-0.2, 0) is 0 Å². The van der Waals surface area contributed by atoms with Crippen molar-refractivity contribution in [3.63, 3.8) is 0 Å². The number of aromatic nitrogens is 1. The Hall–Kier alpha value is -1.25. The zero-order valence-corrected chi connectivity index (χ0v) is 12.3. The van der Waals surface area contributed by atoms with Crippen LogP contribution in [0.5, 0.6) is 5.75 Å². The average Bonchev–Trinajstić information content (AvgIpc) is 2.36. The van der Waals surface area contributed by atoms with Gasteiger partial charge in [-0.15, -0.1) is 0 Å². The van der Waals surface area contributed by atoms with Crippen LogP contribution in [-0.4, -0.2) is 11.6 Å². The average molecular weight is 272 g/mol. The van der Waals surface area contributed by atoms with Gasteiger partial charge in [0, 0.05) is 11.6 Å². The summed E-state index contributed by atoms with van der Waals surface area (Å²) < 4.78 is 6.16. The molecule has 4 fully saturated rings. The summed E-state index contributed by atoms with van der Waals surface area (Å²) in [4.78, 5) is 4.16. The van der Waals surface area contributed by atoms with Crippen LogP contribution in [0.2, 0.25) is 0 Å². The van der Waals surface area contributed by atoms with Crippen LogP contribution in [0, 0.1) is 30.1 Å². The number of anilines is 1. The van der Waals surface area contributed by atoms with Crippen molar-refractivity contribution in [2.45, 2.75) is 45.4 Å². The van der Waals surface area contributed by atoms with Crippen molar-refractivity contribution in [2.24, 2.45) is 23.2 Å². The van der Waals surface area contributed by atoms with Gasteiger partial charge in [-0.05, 0) is 74.8 Å². The Labute approximate surface area is 120 Å². The van der Waals surface area contributed by atoms with Crippen molar-refractivity contribution in [1.29, 1.82) is 0 Å². The molecule has 1 aromatic heterocycles. The summed E-state index contributed by atoms with van der Waals surface area (Å²) >= 11 is 0. The van der Waals surface area contributed by atoms with Crippen molar-refractivity contribution < 1.29 is 4.74 Å². The highest BCUT2D eigenvalue weighted by Gasteiger charge is 2.51. The first-order valence-electron chi connectivity index (χ1n) is 7.97. The minimum absolute atomic E-state index is 0.434. The fourth-order valence-corrected chi connectivity index (χ4v) is 5.45. The minimum atomic E-state index is 0.434. The SMILES string of the molecule is Cc1ccnc(N)c1OCC12CC3CC(CC(C3)C1)C2. The fraction of sp³-hybridized carbons (Fsp3) is 0.706. The number of rotatable bonds is 3. The molecule has 0 aromatic carbocycles. The first-order valence-corrected chi connectivity index (χ1v) is 7.97. The molecule has 0 spiro atoms. The predicted octanol–water partition coefficient (Wildman–Crippen LogP) is 3.57. The van der Waals surface area contributed by atoms with Gasteiger partial charge in [-0.3, -0.25) is 0 Å². The largest absolute Gasteiger partial charge is 0.489 e. The predicted molar refractivity (Wildman–Crippen MR) is 79.5 cm³/mol. The van der Waals surface area contributed by atoms with E-state index >= 15 is 0 Å². The third kappa shape index (κ3) is 1.99. The number of hydrogen-bond acceptors (Lipinski definition) is 3. The molecule has 4 saturated carbocycles. The molecule has 0 amide bonds. The minimum Gasteiger partial charge on any atom is -0.489 e. The van der Waals surface area contributed by atoms with Gasteiger partial charge in [0.2, 0.25) is 0 Å². The van der Waals surface area contributed by atoms with Crippen molar-refractivity contribution in [3.05, 3.63) is 17.8 Å². The number of nitrogens with two attached hydrogens (primary N) is 1. The Balaban J connectivity index is 1.52. The molecular weight excluding hydrogens is 248 g/mol. The van der Waals surface area contributed by atoms with Gasteiger partial charge >= 0.3 is 0 Å². The maximum atomic E-state index is 6.16. The molecule has 1 heterocycles. The molecule has 4 aliphatic carbocycles. The van der Waals surface area contributed by atoms with E-state index < -0.39 is 0 Å². The van der Waals surface area contributed by atoms with Crippen molar-refractivity contribution >= 4 is 5.82 Å². The van der Waals surface area contributed by atoms with Gasteiger partial charge in [0.1, 0.15) is 0 Å². The van der Waals surface area contributed by atoms with Gasteiger partial charge in [-0.25, -0.2) is 4.98 Å². The zero-order valence-electron chi connectivity index (χ0n) is 12.3. The molecule has 4 aliphatic rings. The van der Waals surface area contributed by atoms with Gasteiger partial charge < -0.3 is 10.5 Å². The first-order chi connectivity index (χ1) is 9.63. The molecule has 2 N–H and O–H groups in total. The molecule has 0 radical (unpaired) electrons. The number of pyridine rings is 1. The van der Waals surface area contributed by atoms with Gasteiger partial charge in [-0.2, -0.15) is 0 Å². The normalized spacial score (nSPS) is 38.1. The van der Waals surface area contributed by atoms with E-state index in [1.807, 2.05) is 13.0 Å². The van der Waals surface area contributed by atoms with Crippen LogP contribution in [0.4, 0.5) is 5.82 Å². The monoisotopic (exact) mass is 272 g/mol. The Kier molecular flexibility index (Phi) is 2.73. The number of hydrogen-bond donors (Lipinski definition) is 1. The molecule has 0 atom stereocenters. The van der Waals surface area contributed by atoms with E-state index in [1.54, 1.807) is 6.20 Å². The van der Waals surface area contributed by atoms with Crippen molar-refractivity contribution in [2.75, 3.05) is 12.3 Å². The molecule has 4 bridgehead atoms. The quantitative estimate of drug-likeness (QED) is 0.915. The molecular formula is C17H24N2O. The van der Waals surface area contributed by atoms with E-state index in [9.17, 15) is 0 Å². The van der Waals surface area contributed by atoms with Gasteiger partial charge in [0.15, 0.2) is 11.6 Å². The maximum Gasteiger partial charge on any atom is 0.166 e. The molecule has 1 aromatic rings. The highest BCUT2D eigenvalue weighted by atomic mass is 16.5. The molecule has 0 saturated heterocycles. The Morgan fingerprint density at radius 3 is 2.35 bits per heavy atom. The van der Waals surface area contributed by atoms with Crippen LogP contribution in [0.3, 0.4) is 0 Å². The number of nitrogens with zero attached hydrogens (tertiary/aromatic N) is 1. The van der Waals surface area contributed by atoms with Crippen molar-refractivity contribution in [3.8, 4) is 5.75 Å². The summed E-state index contributed by atoms with van der Waals surface area (Å²) in [7, 11) is 0. The summed E-state index contributed by atoms with van der Waals surface area (Å²) in [5, 5.41) is 0. The molecule has 3 heteroatoms. The highest BCUT2D eigenvalue weighted by molar-refractivity contribution is 5.50. The number of nitrogen functional groups attached to an aromatic ring is 1. The second-order valence-electron chi connectivity index (χ2n) is 7.55. The van der Waals surface area contributed by atoms with E-state index in [0.29, 0.717) is 11.2 Å². The molecule has 0 aliphatic heterocycles. The molecule has 3 nitrogen and oxygen atoms in total. The molecule has 108 valence electrons. The number of ether oxygens (including phenoxy) is 1. The second kappa shape index (κ2) is 4.37. The van der Waals surface area contributed by atoms with Crippen LogP contribution >= 0.6 is 0 Å².